The van der Waals surface area contributed by atoms with E-state index < -0.39 is 5.82 Å². The lowest BCUT2D eigenvalue weighted by atomic mass is 9.97. The maximum Gasteiger partial charge on any atom is 0.125 e. The maximum absolute atomic E-state index is 13.7. The number of nitrogens with zero attached hydrogens (tertiary/aromatic N) is 2. The Morgan fingerprint density at radius 1 is 1.24 bits per heavy atom. The van der Waals surface area contributed by atoms with Crippen molar-refractivity contribution in [2.75, 3.05) is 0 Å². The quantitative estimate of drug-likeness (QED) is 0.709. The number of nitrogens with one attached hydrogen (secondary N) is 1. The third kappa shape index (κ3) is 2.38. The molecule has 21 heavy (non-hydrogen) atoms. The van der Waals surface area contributed by atoms with E-state index >= 15 is 0 Å². The second kappa shape index (κ2) is 5.22. The predicted molar refractivity (Wildman–Crippen MR) is 82.4 cm³/mol. The third-order valence-electron chi connectivity index (χ3n) is 3.21. The van der Waals surface area contributed by atoms with Crippen LogP contribution in [-0.4, -0.2) is 15.7 Å². The molecular formula is C16H11ClFN3. The molecule has 0 fully saturated rings. The summed E-state index contributed by atoms with van der Waals surface area (Å²) >= 11 is 6.08. The molecule has 3 aromatic rings. The van der Waals surface area contributed by atoms with Gasteiger partial charge in [0, 0.05) is 34.6 Å². The highest BCUT2D eigenvalue weighted by molar-refractivity contribution is 6.35. The van der Waals surface area contributed by atoms with Gasteiger partial charge in [-0.15, -0.1) is 0 Å². The standard InChI is InChI=1S/C16H11ClFN3/c1-9(19)12-8-21-16-11(6-10(18)7-13(16)17)15(12)14-4-2-3-5-20-14/h2-8,19H,1H3. The van der Waals surface area contributed by atoms with Crippen molar-refractivity contribution < 1.29 is 4.39 Å². The second-order valence-electron chi connectivity index (χ2n) is 4.67. The van der Waals surface area contributed by atoms with Crippen LogP contribution in [0.4, 0.5) is 4.39 Å². The van der Waals surface area contributed by atoms with E-state index in [-0.39, 0.29) is 5.02 Å². The molecule has 5 heteroatoms. The van der Waals surface area contributed by atoms with E-state index in [1.807, 2.05) is 12.1 Å². The molecule has 2 aromatic heterocycles. The van der Waals surface area contributed by atoms with Gasteiger partial charge in [-0.25, -0.2) is 4.39 Å². The van der Waals surface area contributed by atoms with Crippen LogP contribution in [0.5, 0.6) is 0 Å². The molecule has 0 aliphatic carbocycles. The van der Waals surface area contributed by atoms with Crippen molar-refractivity contribution in [3.05, 3.63) is 59.1 Å². The van der Waals surface area contributed by atoms with Crippen LogP contribution in [0.1, 0.15) is 12.5 Å². The molecule has 0 saturated carbocycles. The molecule has 0 amide bonds. The Balaban J connectivity index is 2.48. The maximum atomic E-state index is 13.7. The smallest absolute Gasteiger partial charge is 0.125 e. The number of benzene rings is 1. The van der Waals surface area contributed by atoms with E-state index in [2.05, 4.69) is 9.97 Å². The molecule has 0 aliphatic rings. The minimum absolute atomic E-state index is 0.247. The first-order valence-corrected chi connectivity index (χ1v) is 6.70. The number of aromatic nitrogens is 2. The van der Waals surface area contributed by atoms with Crippen LogP contribution in [0.3, 0.4) is 0 Å². The van der Waals surface area contributed by atoms with Gasteiger partial charge in [-0.3, -0.25) is 9.97 Å². The van der Waals surface area contributed by atoms with Crippen LogP contribution in [0, 0.1) is 11.2 Å². The second-order valence-corrected chi connectivity index (χ2v) is 5.08. The molecule has 0 atom stereocenters. The Morgan fingerprint density at radius 2 is 2.05 bits per heavy atom. The Hall–Kier alpha value is -2.33. The minimum atomic E-state index is -0.439. The topological polar surface area (TPSA) is 49.6 Å². The van der Waals surface area contributed by atoms with Crippen molar-refractivity contribution in [3.8, 4) is 11.3 Å². The van der Waals surface area contributed by atoms with Crippen LogP contribution in [0.25, 0.3) is 22.2 Å². The van der Waals surface area contributed by atoms with E-state index in [1.54, 1.807) is 25.4 Å². The zero-order chi connectivity index (χ0) is 15.0. The van der Waals surface area contributed by atoms with Crippen molar-refractivity contribution in [2.24, 2.45) is 0 Å². The molecule has 0 saturated heterocycles. The summed E-state index contributed by atoms with van der Waals surface area (Å²) in [7, 11) is 0. The van der Waals surface area contributed by atoms with Gasteiger partial charge in [0.1, 0.15) is 5.82 Å². The van der Waals surface area contributed by atoms with Gasteiger partial charge in [0.15, 0.2) is 0 Å². The molecule has 1 aromatic carbocycles. The van der Waals surface area contributed by atoms with Crippen LogP contribution in [0.15, 0.2) is 42.7 Å². The zero-order valence-electron chi connectivity index (χ0n) is 11.2. The highest BCUT2D eigenvalue weighted by Gasteiger charge is 2.16. The van der Waals surface area contributed by atoms with Gasteiger partial charge in [0.05, 0.1) is 16.2 Å². The third-order valence-corrected chi connectivity index (χ3v) is 3.50. The highest BCUT2D eigenvalue weighted by Crippen LogP contribution is 2.33. The number of fused-ring (bicyclic) bond motifs is 1. The summed E-state index contributed by atoms with van der Waals surface area (Å²) < 4.78 is 13.7. The lowest BCUT2D eigenvalue weighted by Crippen LogP contribution is -2.01. The lowest BCUT2D eigenvalue weighted by molar-refractivity contribution is 0.629. The summed E-state index contributed by atoms with van der Waals surface area (Å²) in [5, 5.41) is 8.72. The monoisotopic (exact) mass is 299 g/mol. The fourth-order valence-electron chi connectivity index (χ4n) is 2.30. The van der Waals surface area contributed by atoms with E-state index in [1.165, 1.54) is 12.1 Å². The van der Waals surface area contributed by atoms with Crippen molar-refractivity contribution in [1.29, 1.82) is 5.41 Å². The number of rotatable bonds is 2. The SMILES string of the molecule is CC(=N)c1cnc2c(Cl)cc(F)cc2c1-c1ccccn1. The van der Waals surface area contributed by atoms with Gasteiger partial charge < -0.3 is 5.41 Å². The first kappa shape index (κ1) is 13.6. The van der Waals surface area contributed by atoms with Crippen LogP contribution >= 0.6 is 11.6 Å². The van der Waals surface area contributed by atoms with Gasteiger partial charge in [-0.2, -0.15) is 0 Å². The molecular weight excluding hydrogens is 289 g/mol. The molecule has 0 spiro atoms. The predicted octanol–water partition coefficient (Wildman–Crippen LogP) is 4.48. The molecule has 0 unspecified atom stereocenters. The average Bonchev–Trinajstić information content (AvgIpc) is 2.46. The van der Waals surface area contributed by atoms with Gasteiger partial charge in [0.2, 0.25) is 0 Å². The van der Waals surface area contributed by atoms with E-state index in [9.17, 15) is 4.39 Å². The summed E-state index contributed by atoms with van der Waals surface area (Å²) in [5.41, 5.74) is 2.79. The van der Waals surface area contributed by atoms with Crippen LogP contribution in [-0.2, 0) is 0 Å². The van der Waals surface area contributed by atoms with Gasteiger partial charge in [0.25, 0.3) is 0 Å². The minimum Gasteiger partial charge on any atom is -0.305 e. The fraction of sp³-hybridized carbons (Fsp3) is 0.0625. The number of halogens is 2. The Labute approximate surface area is 125 Å². The fourth-order valence-corrected chi connectivity index (χ4v) is 2.55. The Kier molecular flexibility index (Phi) is 3.39. The van der Waals surface area contributed by atoms with E-state index in [4.69, 9.17) is 17.0 Å². The van der Waals surface area contributed by atoms with Gasteiger partial charge in [-0.05, 0) is 31.2 Å². The molecule has 1 N–H and O–H groups in total. The average molecular weight is 300 g/mol. The molecule has 0 aliphatic heterocycles. The van der Waals surface area contributed by atoms with Crippen molar-refractivity contribution in [2.45, 2.75) is 6.92 Å². The number of hydrogen-bond acceptors (Lipinski definition) is 3. The van der Waals surface area contributed by atoms with Crippen LogP contribution < -0.4 is 0 Å². The first-order chi connectivity index (χ1) is 10.1. The van der Waals surface area contributed by atoms with E-state index in [0.29, 0.717) is 33.4 Å². The molecule has 3 rings (SSSR count). The summed E-state index contributed by atoms with van der Waals surface area (Å²) in [6.07, 6.45) is 3.24. The molecule has 3 nitrogen and oxygen atoms in total. The molecule has 0 radical (unpaired) electrons. The molecule has 2 heterocycles. The number of hydrogen-bond donors (Lipinski definition) is 1. The Bertz CT molecular complexity index is 847. The molecule has 0 bridgehead atoms. The highest BCUT2D eigenvalue weighted by atomic mass is 35.5. The normalized spacial score (nSPS) is 10.8. The van der Waals surface area contributed by atoms with Crippen molar-refractivity contribution in [3.63, 3.8) is 0 Å². The Morgan fingerprint density at radius 3 is 2.71 bits per heavy atom. The lowest BCUT2D eigenvalue weighted by Gasteiger charge is -2.12. The largest absolute Gasteiger partial charge is 0.305 e. The number of pyridine rings is 2. The van der Waals surface area contributed by atoms with Crippen molar-refractivity contribution in [1.82, 2.24) is 9.97 Å². The van der Waals surface area contributed by atoms with Gasteiger partial charge in [-0.1, -0.05) is 17.7 Å². The van der Waals surface area contributed by atoms with E-state index in [0.717, 1.165) is 0 Å². The van der Waals surface area contributed by atoms with Gasteiger partial charge >= 0.3 is 0 Å². The van der Waals surface area contributed by atoms with Crippen LogP contribution in [0.2, 0.25) is 5.02 Å². The van der Waals surface area contributed by atoms with Crippen molar-refractivity contribution >= 4 is 28.2 Å². The summed E-state index contributed by atoms with van der Waals surface area (Å²) in [6.45, 7) is 1.66. The molecule has 104 valence electrons. The first-order valence-electron chi connectivity index (χ1n) is 6.32. The summed E-state index contributed by atoms with van der Waals surface area (Å²) in [4.78, 5) is 8.57. The zero-order valence-corrected chi connectivity index (χ0v) is 11.9. The summed E-state index contributed by atoms with van der Waals surface area (Å²) in [6, 6.07) is 8.08. The summed E-state index contributed by atoms with van der Waals surface area (Å²) in [5.74, 6) is -0.439.